The van der Waals surface area contributed by atoms with Crippen molar-refractivity contribution in [1.82, 2.24) is 4.90 Å². The number of amides is 1. The van der Waals surface area contributed by atoms with Gasteiger partial charge in [0.25, 0.3) is 5.91 Å². The zero-order chi connectivity index (χ0) is 20.3. The average Bonchev–Trinajstić information content (AvgIpc) is 3.30. The van der Waals surface area contributed by atoms with Crippen molar-refractivity contribution in [3.8, 4) is 0 Å². The Morgan fingerprint density at radius 2 is 1.96 bits per heavy atom. The van der Waals surface area contributed by atoms with Crippen molar-refractivity contribution in [2.24, 2.45) is 0 Å². The van der Waals surface area contributed by atoms with E-state index in [0.717, 1.165) is 12.0 Å². The molecule has 1 aliphatic rings. The highest BCUT2D eigenvalue weighted by atomic mass is 32.1. The van der Waals surface area contributed by atoms with Gasteiger partial charge in [-0.05, 0) is 42.8 Å². The number of carbonyl (C=O) groups is 2. The van der Waals surface area contributed by atoms with Crippen LogP contribution < -0.4 is 0 Å². The minimum Gasteiger partial charge on any atom is -0.503 e. The third-order valence-electron chi connectivity index (χ3n) is 4.78. The van der Waals surface area contributed by atoms with Gasteiger partial charge in [-0.1, -0.05) is 37.3 Å². The molecule has 1 N–H and O–H groups in total. The Labute approximate surface area is 169 Å². The number of benzene rings is 1. The smallest absolute Gasteiger partial charge is 0.290 e. The third kappa shape index (κ3) is 4.03. The molecule has 6 heteroatoms. The van der Waals surface area contributed by atoms with Gasteiger partial charge in [0.2, 0.25) is 5.78 Å². The predicted octanol–water partition coefficient (Wildman–Crippen LogP) is 4.31. The molecule has 2 aromatic rings. The number of rotatable bonds is 8. The van der Waals surface area contributed by atoms with Gasteiger partial charge in [0.15, 0.2) is 5.76 Å². The van der Waals surface area contributed by atoms with Gasteiger partial charge < -0.3 is 14.7 Å². The Balaban J connectivity index is 1.99. The van der Waals surface area contributed by atoms with Gasteiger partial charge >= 0.3 is 0 Å². The van der Waals surface area contributed by atoms with Crippen LogP contribution in [-0.4, -0.2) is 41.0 Å². The lowest BCUT2D eigenvalue weighted by Gasteiger charge is -2.27. The maximum absolute atomic E-state index is 13.1. The van der Waals surface area contributed by atoms with Crippen LogP contribution in [0.4, 0.5) is 0 Å². The van der Waals surface area contributed by atoms with Crippen LogP contribution in [0.15, 0.2) is 53.1 Å². The topological polar surface area (TPSA) is 66.8 Å². The van der Waals surface area contributed by atoms with Gasteiger partial charge in [0.05, 0.1) is 29.2 Å². The van der Waals surface area contributed by atoms with Crippen LogP contribution in [0.2, 0.25) is 0 Å². The lowest BCUT2D eigenvalue weighted by atomic mass is 9.94. The predicted molar refractivity (Wildman–Crippen MR) is 110 cm³/mol. The summed E-state index contributed by atoms with van der Waals surface area (Å²) in [5, 5.41) is 12.4. The van der Waals surface area contributed by atoms with E-state index in [4.69, 9.17) is 4.74 Å². The van der Waals surface area contributed by atoms with Crippen LogP contribution in [-0.2, 0) is 16.0 Å². The quantitative estimate of drug-likeness (QED) is 0.672. The molecule has 0 radical (unpaired) electrons. The molecule has 1 aliphatic heterocycles. The van der Waals surface area contributed by atoms with E-state index < -0.39 is 17.7 Å². The van der Waals surface area contributed by atoms with Crippen molar-refractivity contribution >= 4 is 23.0 Å². The number of hydrogen-bond donors (Lipinski definition) is 1. The molecule has 1 amide bonds. The lowest BCUT2D eigenvalue weighted by molar-refractivity contribution is -0.130. The standard InChI is InChI=1S/C22H25NO4S/c1-4-15-7-9-16(10-8-15)19-18(20(24)17-6-5-13-28-17)21(25)22(26)23(19)11-12-27-14(2)3/h5-10,13-14,19,25H,4,11-12H2,1-3H3. The van der Waals surface area contributed by atoms with Gasteiger partial charge in [0.1, 0.15) is 0 Å². The molecule has 0 fully saturated rings. The maximum Gasteiger partial charge on any atom is 0.290 e. The van der Waals surface area contributed by atoms with Crippen LogP contribution in [0.5, 0.6) is 0 Å². The van der Waals surface area contributed by atoms with Crippen molar-refractivity contribution < 1.29 is 19.4 Å². The second kappa shape index (κ2) is 8.71. The van der Waals surface area contributed by atoms with Crippen molar-refractivity contribution in [3.05, 3.63) is 69.1 Å². The number of Topliss-reactive ketones (excluding diaryl/α,β-unsaturated/α-hetero) is 1. The van der Waals surface area contributed by atoms with Crippen LogP contribution in [0.25, 0.3) is 0 Å². The fraction of sp³-hybridized carbons (Fsp3) is 0.364. The number of ketones is 1. The molecule has 0 saturated heterocycles. The van der Waals surface area contributed by atoms with E-state index in [1.165, 1.54) is 21.8 Å². The van der Waals surface area contributed by atoms with Crippen LogP contribution >= 0.6 is 11.3 Å². The summed E-state index contributed by atoms with van der Waals surface area (Å²) in [5.41, 5.74) is 2.11. The highest BCUT2D eigenvalue weighted by Gasteiger charge is 2.43. The Morgan fingerprint density at radius 1 is 1.25 bits per heavy atom. The molecule has 1 aromatic heterocycles. The minimum atomic E-state index is -0.622. The molecule has 3 rings (SSSR count). The van der Waals surface area contributed by atoms with E-state index in [1.54, 1.807) is 17.5 Å². The highest BCUT2D eigenvalue weighted by Crippen LogP contribution is 2.39. The summed E-state index contributed by atoms with van der Waals surface area (Å²) in [5.74, 6) is -1.30. The fourth-order valence-electron chi connectivity index (χ4n) is 3.33. The van der Waals surface area contributed by atoms with Gasteiger partial charge in [-0.2, -0.15) is 0 Å². The van der Waals surface area contributed by atoms with Gasteiger partial charge in [-0.3, -0.25) is 9.59 Å². The van der Waals surface area contributed by atoms with Crippen molar-refractivity contribution in [2.45, 2.75) is 39.3 Å². The summed E-state index contributed by atoms with van der Waals surface area (Å²) in [4.78, 5) is 27.9. The van der Waals surface area contributed by atoms with Crippen molar-refractivity contribution in [3.63, 3.8) is 0 Å². The molecule has 0 spiro atoms. The Morgan fingerprint density at radius 3 is 2.54 bits per heavy atom. The SMILES string of the molecule is CCc1ccc(C2C(C(=O)c3cccs3)=C(O)C(=O)N2CCOC(C)C)cc1. The molecule has 0 saturated carbocycles. The monoisotopic (exact) mass is 399 g/mol. The zero-order valence-electron chi connectivity index (χ0n) is 16.3. The Hall–Kier alpha value is -2.44. The molecule has 0 aliphatic carbocycles. The van der Waals surface area contributed by atoms with Crippen molar-refractivity contribution in [2.75, 3.05) is 13.2 Å². The lowest BCUT2D eigenvalue weighted by Crippen LogP contribution is -2.34. The van der Waals surface area contributed by atoms with E-state index >= 15 is 0 Å². The zero-order valence-corrected chi connectivity index (χ0v) is 17.2. The average molecular weight is 400 g/mol. The summed E-state index contributed by atoms with van der Waals surface area (Å²) < 4.78 is 5.60. The summed E-state index contributed by atoms with van der Waals surface area (Å²) in [6.07, 6.45) is 0.937. The molecule has 1 aromatic carbocycles. The summed E-state index contributed by atoms with van der Waals surface area (Å²) in [6, 6.07) is 10.7. The molecule has 5 nitrogen and oxygen atoms in total. The van der Waals surface area contributed by atoms with E-state index in [1.807, 2.05) is 38.1 Å². The second-order valence-electron chi connectivity index (χ2n) is 6.98. The van der Waals surface area contributed by atoms with E-state index in [-0.39, 0.29) is 17.5 Å². The first-order valence-electron chi connectivity index (χ1n) is 9.46. The minimum absolute atomic E-state index is 0.0359. The molecule has 1 unspecified atom stereocenters. The number of nitrogens with zero attached hydrogens (tertiary/aromatic N) is 1. The normalized spacial score (nSPS) is 17.1. The summed E-state index contributed by atoms with van der Waals surface area (Å²) >= 11 is 1.30. The first-order chi connectivity index (χ1) is 13.4. The third-order valence-corrected chi connectivity index (χ3v) is 5.65. The van der Waals surface area contributed by atoms with E-state index in [2.05, 4.69) is 6.92 Å². The number of aryl methyl sites for hydroxylation is 1. The Kier molecular flexibility index (Phi) is 6.31. The molecular formula is C22H25NO4S. The number of aliphatic hydroxyl groups is 1. The molecule has 1 atom stereocenters. The fourth-order valence-corrected chi connectivity index (χ4v) is 4.00. The van der Waals surface area contributed by atoms with Gasteiger partial charge in [-0.15, -0.1) is 11.3 Å². The number of aliphatic hydroxyl groups excluding tert-OH is 1. The van der Waals surface area contributed by atoms with E-state index in [9.17, 15) is 14.7 Å². The molecular weight excluding hydrogens is 374 g/mol. The van der Waals surface area contributed by atoms with Crippen LogP contribution in [0.1, 0.15) is 47.6 Å². The largest absolute Gasteiger partial charge is 0.503 e. The van der Waals surface area contributed by atoms with Gasteiger partial charge in [-0.25, -0.2) is 0 Å². The second-order valence-corrected chi connectivity index (χ2v) is 7.93. The first kappa shape index (κ1) is 20.3. The van der Waals surface area contributed by atoms with Gasteiger partial charge in [0, 0.05) is 6.54 Å². The summed E-state index contributed by atoms with van der Waals surface area (Å²) in [6.45, 7) is 6.55. The number of hydrogen-bond acceptors (Lipinski definition) is 5. The van der Waals surface area contributed by atoms with Crippen LogP contribution in [0.3, 0.4) is 0 Å². The molecule has 148 valence electrons. The van der Waals surface area contributed by atoms with Crippen molar-refractivity contribution in [1.29, 1.82) is 0 Å². The molecule has 2 heterocycles. The van der Waals surface area contributed by atoms with E-state index in [0.29, 0.717) is 18.0 Å². The Bertz CT molecular complexity index is 868. The van der Waals surface area contributed by atoms with Crippen LogP contribution in [0, 0.1) is 0 Å². The molecule has 0 bridgehead atoms. The molecule has 28 heavy (non-hydrogen) atoms. The first-order valence-corrected chi connectivity index (χ1v) is 10.3. The highest BCUT2D eigenvalue weighted by molar-refractivity contribution is 7.12. The maximum atomic E-state index is 13.1. The number of ether oxygens (including phenoxy) is 1. The number of thiophene rings is 1. The summed E-state index contributed by atoms with van der Waals surface area (Å²) in [7, 11) is 0. The number of carbonyl (C=O) groups excluding carboxylic acids is 2.